The molecule has 0 radical (unpaired) electrons. The summed E-state index contributed by atoms with van der Waals surface area (Å²) in [6.07, 6.45) is 0. The molecular formula is C14H12ClNO4. The van der Waals surface area contributed by atoms with Crippen molar-refractivity contribution in [1.29, 1.82) is 0 Å². The largest absolute Gasteiger partial charge is 0.507 e. The molecule has 0 fully saturated rings. The SMILES string of the molecule is COc1ccc(O)c(C(=O)Nc2ccc(Cl)c(O)c2)c1. The van der Waals surface area contributed by atoms with E-state index in [-0.39, 0.29) is 22.1 Å². The van der Waals surface area contributed by atoms with Crippen LogP contribution in [0.5, 0.6) is 17.2 Å². The minimum Gasteiger partial charge on any atom is -0.507 e. The summed E-state index contributed by atoms with van der Waals surface area (Å²) < 4.78 is 5.00. The van der Waals surface area contributed by atoms with E-state index in [1.165, 1.54) is 37.4 Å². The van der Waals surface area contributed by atoms with Gasteiger partial charge in [0.1, 0.15) is 17.2 Å². The van der Waals surface area contributed by atoms with Crippen molar-refractivity contribution in [2.45, 2.75) is 0 Å². The van der Waals surface area contributed by atoms with Gasteiger partial charge in [0, 0.05) is 11.8 Å². The van der Waals surface area contributed by atoms with Gasteiger partial charge in [0.25, 0.3) is 5.91 Å². The monoisotopic (exact) mass is 293 g/mol. The van der Waals surface area contributed by atoms with Crippen LogP contribution in [0.15, 0.2) is 36.4 Å². The van der Waals surface area contributed by atoms with Crippen molar-refractivity contribution in [1.82, 2.24) is 0 Å². The van der Waals surface area contributed by atoms with Gasteiger partial charge in [-0.05, 0) is 30.3 Å². The third-order valence-electron chi connectivity index (χ3n) is 2.65. The van der Waals surface area contributed by atoms with E-state index >= 15 is 0 Å². The second kappa shape index (κ2) is 5.71. The summed E-state index contributed by atoms with van der Waals surface area (Å²) >= 11 is 5.68. The van der Waals surface area contributed by atoms with Crippen molar-refractivity contribution < 1.29 is 19.7 Å². The maximum absolute atomic E-state index is 12.1. The standard InChI is InChI=1S/C14H12ClNO4/c1-20-9-3-5-12(17)10(7-9)14(19)16-8-2-4-11(15)13(18)6-8/h2-7,17-18H,1H3,(H,16,19). The highest BCUT2D eigenvalue weighted by atomic mass is 35.5. The van der Waals surface area contributed by atoms with Crippen LogP contribution in [-0.4, -0.2) is 23.2 Å². The van der Waals surface area contributed by atoms with Gasteiger partial charge in [0.15, 0.2) is 0 Å². The van der Waals surface area contributed by atoms with E-state index in [1.807, 2.05) is 0 Å². The first-order chi connectivity index (χ1) is 9.51. The predicted octanol–water partition coefficient (Wildman–Crippen LogP) is 3.01. The molecule has 2 aromatic rings. The van der Waals surface area contributed by atoms with Crippen LogP contribution in [0.2, 0.25) is 5.02 Å². The second-order valence-corrected chi connectivity index (χ2v) is 4.41. The van der Waals surface area contributed by atoms with Gasteiger partial charge in [-0.3, -0.25) is 4.79 Å². The Morgan fingerprint density at radius 3 is 2.55 bits per heavy atom. The van der Waals surface area contributed by atoms with Crippen LogP contribution >= 0.6 is 11.6 Å². The number of rotatable bonds is 3. The first kappa shape index (κ1) is 14.0. The number of carbonyl (C=O) groups excluding carboxylic acids is 1. The van der Waals surface area contributed by atoms with Crippen molar-refractivity contribution in [2.75, 3.05) is 12.4 Å². The van der Waals surface area contributed by atoms with E-state index < -0.39 is 5.91 Å². The molecule has 0 spiro atoms. The van der Waals surface area contributed by atoms with Gasteiger partial charge >= 0.3 is 0 Å². The van der Waals surface area contributed by atoms with Crippen molar-refractivity contribution in [3.8, 4) is 17.2 Å². The number of hydrogen-bond acceptors (Lipinski definition) is 4. The van der Waals surface area contributed by atoms with Crippen LogP contribution in [0.3, 0.4) is 0 Å². The van der Waals surface area contributed by atoms with E-state index in [2.05, 4.69) is 5.32 Å². The van der Waals surface area contributed by atoms with Crippen molar-refractivity contribution in [3.05, 3.63) is 47.0 Å². The predicted molar refractivity (Wildman–Crippen MR) is 75.7 cm³/mol. The third kappa shape index (κ3) is 2.95. The molecule has 5 nitrogen and oxygen atoms in total. The van der Waals surface area contributed by atoms with Gasteiger partial charge in [-0.2, -0.15) is 0 Å². The third-order valence-corrected chi connectivity index (χ3v) is 2.97. The summed E-state index contributed by atoms with van der Waals surface area (Å²) in [7, 11) is 1.46. The molecule has 3 N–H and O–H groups in total. The Hall–Kier alpha value is -2.40. The summed E-state index contributed by atoms with van der Waals surface area (Å²) in [6, 6.07) is 8.64. The number of benzene rings is 2. The van der Waals surface area contributed by atoms with Gasteiger partial charge in [-0.25, -0.2) is 0 Å². The van der Waals surface area contributed by atoms with E-state index in [1.54, 1.807) is 6.07 Å². The van der Waals surface area contributed by atoms with Crippen LogP contribution in [0, 0.1) is 0 Å². The lowest BCUT2D eigenvalue weighted by Crippen LogP contribution is -2.12. The number of nitrogens with one attached hydrogen (secondary N) is 1. The average molecular weight is 294 g/mol. The van der Waals surface area contributed by atoms with Gasteiger partial charge in [0.05, 0.1) is 17.7 Å². The molecule has 0 aliphatic rings. The number of anilines is 1. The molecule has 0 atom stereocenters. The molecule has 0 heterocycles. The second-order valence-electron chi connectivity index (χ2n) is 4.00. The molecule has 0 bridgehead atoms. The topological polar surface area (TPSA) is 78.8 Å². The Morgan fingerprint density at radius 2 is 1.90 bits per heavy atom. The van der Waals surface area contributed by atoms with E-state index in [0.717, 1.165) is 0 Å². The van der Waals surface area contributed by atoms with Crippen LogP contribution in [-0.2, 0) is 0 Å². The summed E-state index contributed by atoms with van der Waals surface area (Å²) in [5, 5.41) is 21.9. The summed E-state index contributed by atoms with van der Waals surface area (Å²) in [5.41, 5.74) is 0.429. The summed E-state index contributed by atoms with van der Waals surface area (Å²) in [4.78, 5) is 12.1. The fraction of sp³-hybridized carbons (Fsp3) is 0.0714. The van der Waals surface area contributed by atoms with Gasteiger partial charge < -0.3 is 20.3 Å². The van der Waals surface area contributed by atoms with E-state index in [9.17, 15) is 15.0 Å². The first-order valence-corrected chi connectivity index (χ1v) is 6.06. The highest BCUT2D eigenvalue weighted by Gasteiger charge is 2.13. The molecule has 1 amide bonds. The molecule has 0 unspecified atom stereocenters. The van der Waals surface area contributed by atoms with Crippen LogP contribution < -0.4 is 10.1 Å². The fourth-order valence-corrected chi connectivity index (χ4v) is 1.73. The van der Waals surface area contributed by atoms with E-state index in [0.29, 0.717) is 11.4 Å². The number of aromatic hydroxyl groups is 2. The lowest BCUT2D eigenvalue weighted by Gasteiger charge is -2.09. The van der Waals surface area contributed by atoms with Crippen molar-refractivity contribution in [2.24, 2.45) is 0 Å². The summed E-state index contributed by atoms with van der Waals surface area (Å²) in [5.74, 6) is -0.379. The minimum absolute atomic E-state index is 0.0683. The number of methoxy groups -OCH3 is 1. The maximum Gasteiger partial charge on any atom is 0.259 e. The molecule has 0 aromatic heterocycles. The average Bonchev–Trinajstić information content (AvgIpc) is 2.43. The van der Waals surface area contributed by atoms with Crippen LogP contribution in [0.4, 0.5) is 5.69 Å². The molecular weight excluding hydrogens is 282 g/mol. The fourth-order valence-electron chi connectivity index (χ4n) is 1.61. The zero-order valence-corrected chi connectivity index (χ0v) is 11.3. The molecule has 2 aromatic carbocycles. The number of halogens is 1. The highest BCUT2D eigenvalue weighted by molar-refractivity contribution is 6.32. The maximum atomic E-state index is 12.1. The van der Waals surface area contributed by atoms with Gasteiger partial charge in [-0.15, -0.1) is 0 Å². The molecule has 20 heavy (non-hydrogen) atoms. The normalized spacial score (nSPS) is 10.1. The quantitative estimate of drug-likeness (QED) is 0.813. The Bertz CT molecular complexity index is 658. The molecule has 2 rings (SSSR count). The summed E-state index contributed by atoms with van der Waals surface area (Å²) in [6.45, 7) is 0. The lowest BCUT2D eigenvalue weighted by molar-refractivity contribution is 0.102. The number of phenolic OH excluding ortho intramolecular Hbond substituents is 2. The van der Waals surface area contributed by atoms with Crippen LogP contribution in [0.25, 0.3) is 0 Å². The minimum atomic E-state index is -0.525. The van der Waals surface area contributed by atoms with Crippen molar-refractivity contribution in [3.63, 3.8) is 0 Å². The Balaban J connectivity index is 2.25. The Labute approximate surface area is 120 Å². The van der Waals surface area contributed by atoms with Gasteiger partial charge in [0.2, 0.25) is 0 Å². The Kier molecular flexibility index (Phi) is 4.00. The zero-order valence-electron chi connectivity index (χ0n) is 10.6. The molecule has 6 heteroatoms. The molecule has 0 aliphatic carbocycles. The Morgan fingerprint density at radius 1 is 1.15 bits per heavy atom. The van der Waals surface area contributed by atoms with Gasteiger partial charge in [-0.1, -0.05) is 11.6 Å². The zero-order chi connectivity index (χ0) is 14.7. The van der Waals surface area contributed by atoms with E-state index in [4.69, 9.17) is 16.3 Å². The molecule has 104 valence electrons. The smallest absolute Gasteiger partial charge is 0.259 e. The van der Waals surface area contributed by atoms with Crippen molar-refractivity contribution >= 4 is 23.2 Å². The number of carbonyl (C=O) groups is 1. The van der Waals surface area contributed by atoms with Crippen LogP contribution in [0.1, 0.15) is 10.4 Å². The molecule has 0 saturated carbocycles. The number of hydrogen-bond donors (Lipinski definition) is 3. The highest BCUT2D eigenvalue weighted by Crippen LogP contribution is 2.28. The first-order valence-electron chi connectivity index (χ1n) is 5.68. The molecule has 0 aliphatic heterocycles. The number of amides is 1. The number of ether oxygens (including phenoxy) is 1. The lowest BCUT2D eigenvalue weighted by atomic mass is 10.1. The number of phenols is 2. The molecule has 0 saturated heterocycles.